The van der Waals surface area contributed by atoms with Crippen LogP contribution in [0.25, 0.3) is 0 Å². The molecule has 0 saturated heterocycles. The van der Waals surface area contributed by atoms with E-state index in [0.717, 1.165) is 6.26 Å². The Bertz CT molecular complexity index is 319. The molecule has 0 aliphatic rings. The summed E-state index contributed by atoms with van der Waals surface area (Å²) in [4.78, 5) is 0. The number of hydrogen-bond donors (Lipinski definition) is 1. The van der Waals surface area contributed by atoms with Crippen molar-refractivity contribution in [3.63, 3.8) is 0 Å². The third-order valence-electron chi connectivity index (χ3n) is 2.55. The summed E-state index contributed by atoms with van der Waals surface area (Å²) in [6, 6.07) is 0. The Balaban J connectivity index is 4.39. The smallest absolute Gasteiger partial charge is 0.264 e. The third kappa shape index (κ3) is 6.25. The quantitative estimate of drug-likeness (QED) is 0.552. The molecule has 0 fully saturated rings. The van der Waals surface area contributed by atoms with Gasteiger partial charge >= 0.3 is 0 Å². The molecule has 4 nitrogen and oxygen atoms in total. The number of aliphatic hydroxyl groups excluding tert-OH is 1. The Morgan fingerprint density at radius 3 is 2.25 bits per heavy atom. The molecule has 0 bridgehead atoms. The molecule has 0 aromatic rings. The highest BCUT2D eigenvalue weighted by molar-refractivity contribution is 7.86. The van der Waals surface area contributed by atoms with Gasteiger partial charge in [0.15, 0.2) is 0 Å². The molecular formula is C11H22O4S. The van der Waals surface area contributed by atoms with Crippen LogP contribution < -0.4 is 0 Å². The number of aliphatic hydroxyl groups is 1. The fourth-order valence-electron chi connectivity index (χ4n) is 1.48. The lowest BCUT2D eigenvalue weighted by Crippen LogP contribution is -2.22. The highest BCUT2D eigenvalue weighted by Gasteiger charge is 2.20. The minimum absolute atomic E-state index is 0.0340. The Morgan fingerprint density at radius 1 is 1.44 bits per heavy atom. The zero-order chi connectivity index (χ0) is 12.9. The summed E-state index contributed by atoms with van der Waals surface area (Å²) in [5.74, 6) is 0.0340. The van der Waals surface area contributed by atoms with Gasteiger partial charge in [0.2, 0.25) is 0 Å². The van der Waals surface area contributed by atoms with Crippen LogP contribution in [0.5, 0.6) is 0 Å². The lowest BCUT2D eigenvalue weighted by atomic mass is 9.92. The molecule has 0 aliphatic heterocycles. The molecule has 0 aromatic carbocycles. The van der Waals surface area contributed by atoms with Crippen molar-refractivity contribution < 1.29 is 17.7 Å². The third-order valence-corrected chi connectivity index (χ3v) is 3.17. The molecule has 16 heavy (non-hydrogen) atoms. The summed E-state index contributed by atoms with van der Waals surface area (Å²) < 4.78 is 26.9. The van der Waals surface area contributed by atoms with Gasteiger partial charge in [-0.2, -0.15) is 8.42 Å². The molecule has 0 saturated carbocycles. The molecule has 0 aromatic heterocycles. The standard InChI is InChI=1S/C11H22O4S/c1-6-11(15-16(5,13)14)7-8(2)9(3)10(4)12/h8,10-12H,3,6-7H2,1-2,4-5H3/t8-,10?,11-/m1/s1. The van der Waals surface area contributed by atoms with Crippen molar-refractivity contribution in [3.05, 3.63) is 12.2 Å². The van der Waals surface area contributed by atoms with Crippen LogP contribution in [0.3, 0.4) is 0 Å². The van der Waals surface area contributed by atoms with Gasteiger partial charge in [0, 0.05) is 0 Å². The zero-order valence-electron chi connectivity index (χ0n) is 10.4. The lowest BCUT2D eigenvalue weighted by Gasteiger charge is -2.22. The van der Waals surface area contributed by atoms with Crippen LogP contribution in [-0.2, 0) is 14.3 Å². The summed E-state index contributed by atoms with van der Waals surface area (Å²) in [5.41, 5.74) is 0.704. The van der Waals surface area contributed by atoms with Gasteiger partial charge in [-0.05, 0) is 31.3 Å². The molecule has 0 rings (SSSR count). The van der Waals surface area contributed by atoms with Crippen LogP contribution in [0.1, 0.15) is 33.6 Å². The monoisotopic (exact) mass is 250 g/mol. The van der Waals surface area contributed by atoms with Crippen molar-refractivity contribution in [2.24, 2.45) is 5.92 Å². The van der Waals surface area contributed by atoms with Crippen molar-refractivity contribution in [1.82, 2.24) is 0 Å². The predicted octanol–water partition coefficient (Wildman–Crippen LogP) is 1.70. The minimum atomic E-state index is -3.42. The summed E-state index contributed by atoms with van der Waals surface area (Å²) in [5, 5.41) is 9.35. The summed E-state index contributed by atoms with van der Waals surface area (Å²) >= 11 is 0. The Morgan fingerprint density at radius 2 is 1.94 bits per heavy atom. The van der Waals surface area contributed by atoms with E-state index in [2.05, 4.69) is 6.58 Å². The van der Waals surface area contributed by atoms with Crippen molar-refractivity contribution in [2.75, 3.05) is 6.26 Å². The normalized spacial score (nSPS) is 17.8. The Kier molecular flexibility index (Phi) is 6.22. The molecular weight excluding hydrogens is 228 g/mol. The topological polar surface area (TPSA) is 63.6 Å². The van der Waals surface area contributed by atoms with Crippen LogP contribution in [0.2, 0.25) is 0 Å². The average Bonchev–Trinajstić information content (AvgIpc) is 2.13. The first-order chi connectivity index (χ1) is 7.17. The first-order valence-corrected chi connectivity index (χ1v) is 7.24. The molecule has 0 radical (unpaired) electrons. The van der Waals surface area contributed by atoms with Crippen LogP contribution in [-0.4, -0.2) is 32.0 Å². The zero-order valence-corrected chi connectivity index (χ0v) is 11.3. The van der Waals surface area contributed by atoms with Crippen molar-refractivity contribution in [2.45, 2.75) is 45.8 Å². The SMILES string of the molecule is C=C(C(C)O)[C@H](C)C[C@@H](CC)OS(C)(=O)=O. The molecule has 0 amide bonds. The molecule has 0 aliphatic carbocycles. The summed E-state index contributed by atoms with van der Waals surface area (Å²) in [6.07, 6.45) is 1.29. The van der Waals surface area contributed by atoms with Crippen molar-refractivity contribution >= 4 is 10.1 Å². The Labute approximate surface area is 98.4 Å². The van der Waals surface area contributed by atoms with E-state index < -0.39 is 16.2 Å². The van der Waals surface area contributed by atoms with E-state index in [1.165, 1.54) is 0 Å². The summed E-state index contributed by atoms with van der Waals surface area (Å²) in [7, 11) is -3.42. The lowest BCUT2D eigenvalue weighted by molar-refractivity contribution is 0.168. The molecule has 5 heteroatoms. The van der Waals surface area contributed by atoms with Crippen molar-refractivity contribution in [3.8, 4) is 0 Å². The van der Waals surface area contributed by atoms with Gasteiger partial charge in [-0.1, -0.05) is 20.4 Å². The molecule has 1 unspecified atom stereocenters. The van der Waals surface area contributed by atoms with Crippen LogP contribution in [0.4, 0.5) is 0 Å². The number of hydrogen-bond acceptors (Lipinski definition) is 4. The fraction of sp³-hybridized carbons (Fsp3) is 0.818. The first kappa shape index (κ1) is 15.6. The second kappa shape index (κ2) is 6.37. The molecule has 96 valence electrons. The second-order valence-electron chi connectivity index (χ2n) is 4.22. The summed E-state index contributed by atoms with van der Waals surface area (Å²) in [6.45, 7) is 9.21. The highest BCUT2D eigenvalue weighted by Crippen LogP contribution is 2.21. The molecule has 0 heterocycles. The van der Waals surface area contributed by atoms with E-state index >= 15 is 0 Å². The van der Waals surface area contributed by atoms with Gasteiger partial charge < -0.3 is 5.11 Å². The predicted molar refractivity (Wildman–Crippen MR) is 64.6 cm³/mol. The Hall–Kier alpha value is -0.390. The van der Waals surface area contributed by atoms with E-state index in [9.17, 15) is 13.5 Å². The van der Waals surface area contributed by atoms with E-state index in [1.807, 2.05) is 13.8 Å². The highest BCUT2D eigenvalue weighted by atomic mass is 32.2. The maximum atomic E-state index is 11.0. The van der Waals surface area contributed by atoms with Gasteiger partial charge in [0.1, 0.15) is 0 Å². The van der Waals surface area contributed by atoms with Gasteiger partial charge in [-0.3, -0.25) is 4.18 Å². The van der Waals surface area contributed by atoms with E-state index in [-0.39, 0.29) is 12.0 Å². The van der Waals surface area contributed by atoms with Crippen LogP contribution >= 0.6 is 0 Å². The minimum Gasteiger partial charge on any atom is -0.389 e. The van der Waals surface area contributed by atoms with Gasteiger partial charge in [-0.15, -0.1) is 0 Å². The average molecular weight is 250 g/mol. The largest absolute Gasteiger partial charge is 0.389 e. The fourth-order valence-corrected chi connectivity index (χ4v) is 2.19. The maximum Gasteiger partial charge on any atom is 0.264 e. The van der Waals surface area contributed by atoms with E-state index in [0.29, 0.717) is 18.4 Å². The van der Waals surface area contributed by atoms with E-state index in [4.69, 9.17) is 4.18 Å². The van der Waals surface area contributed by atoms with Crippen LogP contribution in [0, 0.1) is 5.92 Å². The molecule has 1 N–H and O–H groups in total. The van der Waals surface area contributed by atoms with Crippen molar-refractivity contribution in [1.29, 1.82) is 0 Å². The number of rotatable bonds is 7. The van der Waals surface area contributed by atoms with Crippen LogP contribution in [0.15, 0.2) is 12.2 Å². The van der Waals surface area contributed by atoms with E-state index in [1.54, 1.807) is 6.92 Å². The first-order valence-electron chi connectivity index (χ1n) is 5.42. The molecule has 0 spiro atoms. The van der Waals surface area contributed by atoms with Gasteiger partial charge in [0.05, 0.1) is 18.5 Å². The van der Waals surface area contributed by atoms with Gasteiger partial charge in [-0.25, -0.2) is 0 Å². The van der Waals surface area contributed by atoms with Gasteiger partial charge in [0.25, 0.3) is 10.1 Å². The maximum absolute atomic E-state index is 11.0. The second-order valence-corrected chi connectivity index (χ2v) is 5.82. The molecule has 3 atom stereocenters.